The van der Waals surface area contributed by atoms with Crippen LogP contribution in [0.4, 0.5) is 0 Å². The molecule has 0 aliphatic heterocycles. The topological polar surface area (TPSA) is 61.8 Å². The Morgan fingerprint density at radius 3 is 1.64 bits per heavy atom. The van der Waals surface area contributed by atoms with E-state index in [1.54, 1.807) is 6.92 Å². The summed E-state index contributed by atoms with van der Waals surface area (Å²) < 4.78 is 30.0. The van der Waals surface area contributed by atoms with E-state index >= 15 is 0 Å². The Bertz CT molecular complexity index is 382. The van der Waals surface area contributed by atoms with Crippen molar-refractivity contribution in [2.75, 3.05) is 26.0 Å². The smallest absolute Gasteiger partial charge is 0.327 e. The zero-order chi connectivity index (χ0) is 19.1. The molecule has 0 aliphatic rings. The third-order valence-electron chi connectivity index (χ3n) is 3.67. The van der Waals surface area contributed by atoms with Crippen molar-refractivity contribution < 1.29 is 23.6 Å². The van der Waals surface area contributed by atoms with E-state index in [9.17, 15) is 9.36 Å². The lowest BCUT2D eigenvalue weighted by atomic mass is 10.3. The second-order valence-electron chi connectivity index (χ2n) is 6.23. The monoisotopic (exact) mass is 375 g/mol. The predicted octanol–water partition coefficient (Wildman–Crippen LogP) is 5.41. The van der Waals surface area contributed by atoms with Crippen LogP contribution in [0.15, 0.2) is 12.2 Å². The molecule has 0 saturated heterocycles. The maximum absolute atomic E-state index is 12.2. The van der Waals surface area contributed by atoms with Gasteiger partial charge in [0.1, 0.15) is 0 Å². The number of carbonyl (C=O) groups excluding carboxylic acids is 1. The maximum atomic E-state index is 12.2. The van der Waals surface area contributed by atoms with E-state index in [1.165, 1.54) is 0 Å². The number of rotatable bonds is 17. The van der Waals surface area contributed by atoms with E-state index in [0.29, 0.717) is 25.4 Å². The van der Waals surface area contributed by atoms with Gasteiger partial charge in [0, 0.05) is 5.57 Å². The summed E-state index contributed by atoms with van der Waals surface area (Å²) in [5, 5.41) is 0. The minimum Gasteiger partial charge on any atom is -0.327 e. The molecule has 0 aliphatic carbocycles. The lowest BCUT2D eigenvalue weighted by Crippen LogP contribution is -2.41. The summed E-state index contributed by atoms with van der Waals surface area (Å²) in [4.78, 5) is 11.8. The molecule has 146 valence electrons. The Labute approximate surface area is 154 Å². The molecule has 0 radical (unpaired) electrons. The molecule has 0 aromatic rings. The van der Waals surface area contributed by atoms with Crippen LogP contribution >= 0.6 is 7.80 Å². The number of hydrogen-bond acceptors (Lipinski definition) is 5. The van der Waals surface area contributed by atoms with Gasteiger partial charge in [0.05, 0.1) is 26.2 Å². The number of hydrogen-bond donors (Lipinski definition) is 0. The summed E-state index contributed by atoms with van der Waals surface area (Å²) in [6, 6.07) is 0. The lowest BCUT2D eigenvalue weighted by Gasteiger charge is -2.32. The van der Waals surface area contributed by atoms with E-state index in [-0.39, 0.29) is 18.1 Å². The van der Waals surface area contributed by atoms with Crippen LogP contribution in [0.2, 0.25) is 0 Å². The fraction of sp³-hybridized carbons (Fsp3) is 0.842. The van der Waals surface area contributed by atoms with Gasteiger partial charge >= 0.3 is 13.3 Å². The van der Waals surface area contributed by atoms with Crippen LogP contribution in [0.5, 0.6) is 0 Å². The number of unbranched alkanes of at least 4 members (excludes halogenated alkanes) is 3. The third-order valence-corrected chi connectivity index (χ3v) is 5.14. The summed E-state index contributed by atoms with van der Waals surface area (Å²) in [5.41, 5.74) is -0.0722. The van der Waals surface area contributed by atoms with Crippen molar-refractivity contribution in [1.29, 1.82) is 0 Å². The number of allylic oxidation sites excluding steroid dienone is 1. The Kier molecular flexibility index (Phi) is 14.2. The molecule has 0 heterocycles. The van der Waals surface area contributed by atoms with Gasteiger partial charge in [-0.1, -0.05) is 51.2 Å². The van der Waals surface area contributed by atoms with Crippen LogP contribution in [-0.2, 0) is 23.6 Å². The largest absolute Gasteiger partial charge is 0.420 e. The Morgan fingerprint density at radius 1 is 0.920 bits per heavy atom. The van der Waals surface area contributed by atoms with Crippen molar-refractivity contribution in [3.8, 4) is 0 Å². The quantitative estimate of drug-likeness (QED) is 0.147. The van der Waals surface area contributed by atoms with Crippen LogP contribution in [0.3, 0.4) is 0 Å². The fourth-order valence-corrected chi connectivity index (χ4v) is 3.12. The molecule has 25 heavy (non-hydrogen) atoms. The van der Waals surface area contributed by atoms with Gasteiger partial charge in [-0.25, -0.2) is 4.79 Å². The van der Waals surface area contributed by atoms with Crippen molar-refractivity contribution >= 4 is 13.3 Å². The fourth-order valence-electron chi connectivity index (χ4n) is 2.01. The average Bonchev–Trinajstić information content (AvgIpc) is 2.59. The second-order valence-corrected chi connectivity index (χ2v) is 7.84. The van der Waals surface area contributed by atoms with E-state index in [4.69, 9.17) is 14.2 Å². The molecular formula is C19H36O5P+. The van der Waals surface area contributed by atoms with Crippen molar-refractivity contribution in [2.45, 2.75) is 78.6 Å². The normalized spacial score (nSPS) is 12.2. The van der Waals surface area contributed by atoms with E-state index in [0.717, 1.165) is 38.5 Å². The zero-order valence-corrected chi connectivity index (χ0v) is 17.4. The first-order valence-corrected chi connectivity index (χ1v) is 10.9. The molecule has 0 aromatic carbocycles. The molecule has 5 nitrogen and oxygen atoms in total. The minimum absolute atomic E-state index is 0.172. The summed E-state index contributed by atoms with van der Waals surface area (Å²) in [6.07, 6.45) is 6.14. The molecule has 1 atom stereocenters. The second kappa shape index (κ2) is 14.5. The summed E-state index contributed by atoms with van der Waals surface area (Å²) >= 11 is 0. The summed E-state index contributed by atoms with van der Waals surface area (Å²) in [5.74, 6) is -1.21. The average molecular weight is 375 g/mol. The number of carbonyl (C=O) groups is 1. The van der Waals surface area contributed by atoms with Gasteiger partial charge in [0.2, 0.25) is 0 Å². The van der Waals surface area contributed by atoms with Crippen molar-refractivity contribution in [3.05, 3.63) is 12.2 Å². The van der Waals surface area contributed by atoms with E-state index in [2.05, 4.69) is 27.4 Å². The van der Waals surface area contributed by atoms with Crippen LogP contribution in [0.25, 0.3) is 0 Å². The van der Waals surface area contributed by atoms with Crippen LogP contribution < -0.4 is 0 Å². The van der Waals surface area contributed by atoms with Gasteiger partial charge in [-0.2, -0.15) is 0 Å². The molecule has 0 fully saturated rings. The van der Waals surface area contributed by atoms with E-state index in [1.807, 2.05) is 0 Å². The highest BCUT2D eigenvalue weighted by molar-refractivity contribution is 7.64. The van der Waals surface area contributed by atoms with Gasteiger partial charge in [-0.05, 0) is 26.2 Å². The van der Waals surface area contributed by atoms with Crippen LogP contribution in [0, 0.1) is 0 Å². The predicted molar refractivity (Wildman–Crippen MR) is 102 cm³/mol. The Morgan fingerprint density at radius 2 is 1.32 bits per heavy atom. The zero-order valence-electron chi connectivity index (χ0n) is 16.5. The molecule has 0 bridgehead atoms. The van der Waals surface area contributed by atoms with Gasteiger partial charge in [-0.3, -0.25) is 0 Å². The minimum atomic E-state index is -2.03. The summed E-state index contributed by atoms with van der Waals surface area (Å²) in [6.45, 7) is 13.0. The summed E-state index contributed by atoms with van der Waals surface area (Å²) in [7, 11) is -2.03. The SMILES string of the molecule is C=C(C)C(=O)[P+](=O)CCC(OCCCC)(OCCCC)OCCCC. The molecule has 0 spiro atoms. The molecule has 0 aromatic heterocycles. The molecule has 6 heteroatoms. The van der Waals surface area contributed by atoms with Crippen LogP contribution in [0.1, 0.15) is 72.6 Å². The Hall–Kier alpha value is -0.610. The lowest BCUT2D eigenvalue weighted by molar-refractivity contribution is -0.381. The molecule has 0 saturated carbocycles. The first-order valence-electron chi connectivity index (χ1n) is 9.48. The van der Waals surface area contributed by atoms with Crippen molar-refractivity contribution in [3.63, 3.8) is 0 Å². The van der Waals surface area contributed by atoms with Gasteiger partial charge in [-0.15, -0.1) is 0 Å². The third kappa shape index (κ3) is 10.9. The highest BCUT2D eigenvalue weighted by atomic mass is 31.1. The highest BCUT2D eigenvalue weighted by Gasteiger charge is 2.39. The molecule has 0 rings (SSSR count). The van der Waals surface area contributed by atoms with Crippen molar-refractivity contribution in [2.24, 2.45) is 0 Å². The molecule has 1 unspecified atom stereocenters. The van der Waals surface area contributed by atoms with Crippen LogP contribution in [-0.4, -0.2) is 37.5 Å². The van der Waals surface area contributed by atoms with Gasteiger partial charge in [0.15, 0.2) is 6.16 Å². The molecule has 0 amide bonds. The standard InChI is InChI=1S/C19H36O5P/c1-6-9-13-22-19(23-14-10-7-2,24-15-11-8-3)12-16-25(21)18(20)17(4)5/h4,6-16H2,1-3,5H3/q+1. The first-order chi connectivity index (χ1) is 11.9. The van der Waals surface area contributed by atoms with Gasteiger partial charge < -0.3 is 14.2 Å². The van der Waals surface area contributed by atoms with Gasteiger partial charge in [0.25, 0.3) is 5.97 Å². The molecule has 0 N–H and O–H groups in total. The number of ether oxygens (including phenoxy) is 3. The maximum Gasteiger partial charge on any atom is 0.420 e. The van der Waals surface area contributed by atoms with E-state index < -0.39 is 13.8 Å². The Balaban J connectivity index is 5.00. The molecular weight excluding hydrogens is 339 g/mol. The highest BCUT2D eigenvalue weighted by Crippen LogP contribution is 2.32. The first kappa shape index (κ1) is 24.4. The van der Waals surface area contributed by atoms with Crippen molar-refractivity contribution in [1.82, 2.24) is 0 Å².